The summed E-state index contributed by atoms with van der Waals surface area (Å²) in [6.45, 7) is 4.26. The summed E-state index contributed by atoms with van der Waals surface area (Å²) in [5.41, 5.74) is 2.84. The Kier molecular flexibility index (Phi) is 3.90. The van der Waals surface area contributed by atoms with Gasteiger partial charge in [0.1, 0.15) is 0 Å². The summed E-state index contributed by atoms with van der Waals surface area (Å²) >= 11 is 0. The molecule has 1 amide bonds. The SMILES string of the molecule is CC(C)(CO)c1cc2cc(NC(=O)C3(c4ccc5c(c4)OCO5)CC3)ccc2[nH]1. The average Bonchev–Trinajstić information content (AvgIpc) is 3.20. The first-order valence-corrected chi connectivity index (χ1v) is 9.87. The topological polar surface area (TPSA) is 83.6 Å². The van der Waals surface area contributed by atoms with Gasteiger partial charge < -0.3 is 24.9 Å². The molecule has 0 radical (unpaired) electrons. The van der Waals surface area contributed by atoms with Gasteiger partial charge in [-0.15, -0.1) is 0 Å². The number of carbonyl (C=O) groups is 1. The molecule has 1 aliphatic heterocycles. The number of hydrogen-bond acceptors (Lipinski definition) is 4. The maximum Gasteiger partial charge on any atom is 0.235 e. The number of rotatable bonds is 5. The van der Waals surface area contributed by atoms with Crippen LogP contribution in [0.15, 0.2) is 42.5 Å². The Bertz CT molecular complexity index is 1110. The second-order valence-electron chi connectivity index (χ2n) is 8.63. The molecule has 1 aromatic heterocycles. The predicted molar refractivity (Wildman–Crippen MR) is 111 cm³/mol. The van der Waals surface area contributed by atoms with E-state index in [0.29, 0.717) is 5.75 Å². The highest BCUT2D eigenvalue weighted by Crippen LogP contribution is 2.51. The minimum Gasteiger partial charge on any atom is -0.454 e. The van der Waals surface area contributed by atoms with Crippen molar-refractivity contribution in [1.82, 2.24) is 4.98 Å². The van der Waals surface area contributed by atoms with Gasteiger partial charge in [0.25, 0.3) is 0 Å². The normalized spacial score (nSPS) is 16.8. The van der Waals surface area contributed by atoms with Gasteiger partial charge in [-0.1, -0.05) is 19.9 Å². The van der Waals surface area contributed by atoms with Crippen molar-refractivity contribution in [3.8, 4) is 11.5 Å². The number of carbonyl (C=O) groups excluding carboxylic acids is 1. The summed E-state index contributed by atoms with van der Waals surface area (Å²) in [6.07, 6.45) is 1.64. The molecule has 29 heavy (non-hydrogen) atoms. The number of amides is 1. The quantitative estimate of drug-likeness (QED) is 0.616. The summed E-state index contributed by atoms with van der Waals surface area (Å²) < 4.78 is 10.8. The van der Waals surface area contributed by atoms with E-state index in [1.54, 1.807) is 0 Å². The number of aromatic amines is 1. The first kappa shape index (κ1) is 18.1. The van der Waals surface area contributed by atoms with Gasteiger partial charge >= 0.3 is 0 Å². The zero-order valence-corrected chi connectivity index (χ0v) is 16.5. The molecule has 1 aliphatic carbocycles. The van der Waals surface area contributed by atoms with Crippen LogP contribution in [0, 0.1) is 0 Å². The third kappa shape index (κ3) is 2.95. The lowest BCUT2D eigenvalue weighted by atomic mass is 9.91. The summed E-state index contributed by atoms with van der Waals surface area (Å²) in [6, 6.07) is 13.6. The standard InChI is InChI=1S/C23H24N2O4/c1-22(2,12-26)20-10-14-9-16(4-5-17(14)25-20)24-21(27)23(7-8-23)15-3-6-18-19(11-15)29-13-28-18/h3-6,9-11,25-26H,7-8,12-13H2,1-2H3,(H,24,27). The number of H-pyrrole nitrogens is 1. The zero-order valence-electron chi connectivity index (χ0n) is 16.5. The van der Waals surface area contributed by atoms with E-state index in [9.17, 15) is 9.90 Å². The van der Waals surface area contributed by atoms with Gasteiger partial charge in [0.05, 0.1) is 12.0 Å². The first-order valence-electron chi connectivity index (χ1n) is 9.87. The largest absolute Gasteiger partial charge is 0.454 e. The third-order valence-electron chi connectivity index (χ3n) is 6.11. The van der Waals surface area contributed by atoms with Gasteiger partial charge in [-0.25, -0.2) is 0 Å². The summed E-state index contributed by atoms with van der Waals surface area (Å²) in [5, 5.41) is 13.7. The molecule has 2 aliphatic rings. The summed E-state index contributed by atoms with van der Waals surface area (Å²) in [7, 11) is 0. The monoisotopic (exact) mass is 392 g/mol. The maximum absolute atomic E-state index is 13.1. The van der Waals surface area contributed by atoms with Gasteiger partial charge in [-0.05, 0) is 54.8 Å². The fourth-order valence-corrected chi connectivity index (χ4v) is 3.88. The van der Waals surface area contributed by atoms with Gasteiger partial charge in [0.15, 0.2) is 11.5 Å². The first-order chi connectivity index (χ1) is 13.9. The van der Waals surface area contributed by atoms with Gasteiger partial charge in [-0.3, -0.25) is 4.79 Å². The number of ether oxygens (including phenoxy) is 2. The van der Waals surface area contributed by atoms with Gasteiger partial charge in [-0.2, -0.15) is 0 Å². The van der Waals surface area contributed by atoms with E-state index < -0.39 is 5.41 Å². The molecule has 3 N–H and O–H groups in total. The van der Waals surface area contributed by atoms with Crippen molar-refractivity contribution in [3.05, 3.63) is 53.7 Å². The number of fused-ring (bicyclic) bond motifs is 2. The van der Waals surface area contributed by atoms with Crippen molar-refractivity contribution in [3.63, 3.8) is 0 Å². The summed E-state index contributed by atoms with van der Waals surface area (Å²) in [4.78, 5) is 16.5. The van der Waals surface area contributed by atoms with Crippen molar-refractivity contribution in [2.45, 2.75) is 37.5 Å². The van der Waals surface area contributed by atoms with E-state index in [1.807, 2.05) is 56.3 Å². The number of benzene rings is 2. The Hall–Kier alpha value is -2.99. The number of anilines is 1. The van der Waals surface area contributed by atoms with Crippen LogP contribution in [0.4, 0.5) is 5.69 Å². The summed E-state index contributed by atoms with van der Waals surface area (Å²) in [5.74, 6) is 1.43. The van der Waals surface area contributed by atoms with Crippen molar-refractivity contribution < 1.29 is 19.4 Å². The van der Waals surface area contributed by atoms with Gasteiger partial charge in [0, 0.05) is 27.7 Å². The molecule has 0 unspecified atom stereocenters. The van der Waals surface area contributed by atoms with Crippen molar-refractivity contribution in [2.24, 2.45) is 0 Å². The molecule has 6 nitrogen and oxygen atoms in total. The Balaban J connectivity index is 1.39. The molecule has 1 fully saturated rings. The number of nitrogens with one attached hydrogen (secondary N) is 2. The molecular formula is C23H24N2O4. The van der Waals surface area contributed by atoms with Crippen LogP contribution < -0.4 is 14.8 Å². The molecule has 2 aromatic carbocycles. The van der Waals surface area contributed by atoms with Crippen LogP contribution in [0.25, 0.3) is 10.9 Å². The molecule has 150 valence electrons. The second-order valence-corrected chi connectivity index (χ2v) is 8.63. The van der Waals surface area contributed by atoms with E-state index >= 15 is 0 Å². The lowest BCUT2D eigenvalue weighted by Gasteiger charge is -2.19. The number of hydrogen-bond donors (Lipinski definition) is 3. The Morgan fingerprint density at radius 2 is 1.93 bits per heavy atom. The highest BCUT2D eigenvalue weighted by molar-refractivity contribution is 6.02. The van der Waals surface area contributed by atoms with E-state index in [0.717, 1.165) is 46.4 Å². The molecule has 2 heterocycles. The molecule has 0 bridgehead atoms. The minimum atomic E-state index is -0.502. The smallest absolute Gasteiger partial charge is 0.235 e. The number of aliphatic hydroxyl groups is 1. The second kappa shape index (κ2) is 6.26. The molecule has 0 atom stereocenters. The van der Waals surface area contributed by atoms with Crippen LogP contribution in [0.1, 0.15) is 37.9 Å². The highest BCUT2D eigenvalue weighted by atomic mass is 16.7. The van der Waals surface area contributed by atoms with Crippen LogP contribution in [-0.4, -0.2) is 29.4 Å². The molecule has 1 saturated carbocycles. The Labute approximate surface area is 168 Å². The highest BCUT2D eigenvalue weighted by Gasteiger charge is 2.51. The predicted octanol–water partition coefficient (Wildman–Crippen LogP) is 3.84. The Morgan fingerprint density at radius 3 is 2.69 bits per heavy atom. The maximum atomic E-state index is 13.1. The molecule has 5 rings (SSSR count). The van der Waals surface area contributed by atoms with Crippen LogP contribution in [0.3, 0.4) is 0 Å². The minimum absolute atomic E-state index is 0.00200. The van der Waals surface area contributed by atoms with Crippen molar-refractivity contribution >= 4 is 22.5 Å². The molecule has 0 spiro atoms. The van der Waals surface area contributed by atoms with Gasteiger partial charge in [0.2, 0.25) is 12.7 Å². The van der Waals surface area contributed by atoms with E-state index in [1.165, 1.54) is 0 Å². The van der Waals surface area contributed by atoms with Crippen LogP contribution in [0.2, 0.25) is 0 Å². The van der Waals surface area contributed by atoms with E-state index in [-0.39, 0.29) is 24.7 Å². The molecule has 6 heteroatoms. The Morgan fingerprint density at radius 1 is 1.14 bits per heavy atom. The van der Waals surface area contributed by atoms with Crippen molar-refractivity contribution in [2.75, 3.05) is 18.7 Å². The van der Waals surface area contributed by atoms with E-state index in [4.69, 9.17) is 9.47 Å². The lowest BCUT2D eigenvalue weighted by Crippen LogP contribution is -2.27. The number of aliphatic hydroxyl groups excluding tert-OH is 1. The van der Waals surface area contributed by atoms with Crippen LogP contribution >= 0.6 is 0 Å². The number of aromatic nitrogens is 1. The van der Waals surface area contributed by atoms with Crippen LogP contribution in [-0.2, 0) is 15.6 Å². The molecule has 0 saturated heterocycles. The fraction of sp³-hybridized carbons (Fsp3) is 0.348. The average molecular weight is 392 g/mol. The molecular weight excluding hydrogens is 368 g/mol. The molecule has 3 aromatic rings. The van der Waals surface area contributed by atoms with Crippen LogP contribution in [0.5, 0.6) is 11.5 Å². The van der Waals surface area contributed by atoms with Crippen molar-refractivity contribution in [1.29, 1.82) is 0 Å². The third-order valence-corrected chi connectivity index (χ3v) is 6.11. The lowest BCUT2D eigenvalue weighted by molar-refractivity contribution is -0.118. The van der Waals surface area contributed by atoms with E-state index in [2.05, 4.69) is 10.3 Å². The zero-order chi connectivity index (χ0) is 20.2. The fourth-order valence-electron chi connectivity index (χ4n) is 3.88.